The van der Waals surface area contributed by atoms with Crippen LogP contribution in [0.4, 0.5) is 0 Å². The van der Waals surface area contributed by atoms with Gasteiger partial charge >= 0.3 is 5.97 Å². The number of fused-ring (bicyclic) bond motifs is 1. The molecule has 0 unspecified atom stereocenters. The van der Waals surface area contributed by atoms with Crippen LogP contribution in [0, 0.1) is 0 Å². The van der Waals surface area contributed by atoms with Gasteiger partial charge in [-0.15, -0.1) is 0 Å². The minimum Gasteiger partial charge on any atom is -0.452 e. The summed E-state index contributed by atoms with van der Waals surface area (Å²) in [5.41, 5.74) is 2.32. The van der Waals surface area contributed by atoms with Crippen molar-refractivity contribution in [3.8, 4) is 11.3 Å². The summed E-state index contributed by atoms with van der Waals surface area (Å²) in [4.78, 5) is 42.5. The van der Waals surface area contributed by atoms with Crippen molar-refractivity contribution < 1.29 is 19.1 Å². The number of ether oxygens (including phenoxy) is 1. The lowest BCUT2D eigenvalue weighted by Crippen LogP contribution is -2.35. The predicted octanol–water partition coefficient (Wildman–Crippen LogP) is 2.42. The van der Waals surface area contributed by atoms with Crippen LogP contribution in [0.3, 0.4) is 0 Å². The summed E-state index contributed by atoms with van der Waals surface area (Å²) in [5, 5.41) is 4.84. The Balaban J connectivity index is 1.65. The molecule has 0 bridgehead atoms. The molecule has 1 fully saturated rings. The molecule has 8 nitrogen and oxygen atoms in total. The molecule has 0 spiro atoms. The van der Waals surface area contributed by atoms with Crippen LogP contribution in [0.25, 0.3) is 22.3 Å². The normalized spacial score (nSPS) is 13.8. The molecule has 2 aromatic heterocycles. The van der Waals surface area contributed by atoms with E-state index in [1.165, 1.54) is 0 Å². The van der Waals surface area contributed by atoms with Crippen LogP contribution in [0.2, 0.25) is 0 Å². The molecule has 0 aliphatic carbocycles. The highest BCUT2D eigenvalue weighted by Gasteiger charge is 2.27. The number of likely N-dealkylation sites (tertiary alicyclic amines) is 1. The summed E-state index contributed by atoms with van der Waals surface area (Å²) in [6.07, 6.45) is 2.56. The van der Waals surface area contributed by atoms with Gasteiger partial charge in [-0.1, -0.05) is 30.3 Å². The Labute approximate surface area is 167 Å². The maximum Gasteiger partial charge on any atom is 0.339 e. The van der Waals surface area contributed by atoms with Gasteiger partial charge in [0.15, 0.2) is 12.3 Å². The molecule has 8 heteroatoms. The fourth-order valence-electron chi connectivity index (χ4n) is 3.40. The summed E-state index contributed by atoms with van der Waals surface area (Å²) in [6.45, 7) is 2.43. The fourth-order valence-corrected chi connectivity index (χ4v) is 3.40. The highest BCUT2D eigenvalue weighted by molar-refractivity contribution is 6.05. The Morgan fingerprint density at radius 3 is 2.69 bits per heavy atom. The van der Waals surface area contributed by atoms with Crippen LogP contribution >= 0.6 is 0 Å². The van der Waals surface area contributed by atoms with Gasteiger partial charge in [0.2, 0.25) is 5.91 Å². The lowest BCUT2D eigenvalue weighted by Gasteiger charge is -2.14. The first-order valence-corrected chi connectivity index (χ1v) is 9.50. The molecule has 0 saturated carbocycles. The molecular weight excluding hydrogens is 372 g/mol. The molecule has 1 aromatic carbocycles. The topological polar surface area (TPSA) is 94.4 Å². The van der Waals surface area contributed by atoms with Crippen molar-refractivity contribution in [1.29, 1.82) is 0 Å². The van der Waals surface area contributed by atoms with Gasteiger partial charge < -0.3 is 4.74 Å². The molecule has 0 N–H and O–H groups in total. The highest BCUT2D eigenvalue weighted by atomic mass is 16.5. The van der Waals surface area contributed by atoms with Crippen molar-refractivity contribution in [2.24, 2.45) is 0 Å². The monoisotopic (exact) mass is 392 g/mol. The Kier molecular flexibility index (Phi) is 5.07. The number of benzene rings is 1. The summed E-state index contributed by atoms with van der Waals surface area (Å²) >= 11 is 0. The number of rotatable bonds is 5. The smallest absolute Gasteiger partial charge is 0.339 e. The number of hydrogen-bond donors (Lipinski definition) is 0. The van der Waals surface area contributed by atoms with Crippen LogP contribution in [0.15, 0.2) is 42.6 Å². The minimum atomic E-state index is -0.648. The first-order valence-electron chi connectivity index (χ1n) is 9.50. The number of pyridine rings is 1. The molecule has 148 valence electrons. The van der Waals surface area contributed by atoms with E-state index in [4.69, 9.17) is 4.74 Å². The van der Waals surface area contributed by atoms with E-state index in [9.17, 15) is 14.4 Å². The van der Waals surface area contributed by atoms with E-state index in [0.29, 0.717) is 42.7 Å². The fraction of sp³-hybridized carbons (Fsp3) is 0.286. The molecule has 29 heavy (non-hydrogen) atoms. The number of hydrogen-bond acceptors (Lipinski definition) is 6. The Hall–Kier alpha value is -3.55. The largest absolute Gasteiger partial charge is 0.452 e. The molecule has 1 saturated heterocycles. The molecule has 0 radical (unpaired) electrons. The summed E-state index contributed by atoms with van der Waals surface area (Å²) in [5.74, 6) is -1.38. The standard InChI is InChI=1S/C21H20N4O4/c1-2-25-20-16(12-22-25)15(11-17(23-20)14-7-4-3-5-8-14)21(28)29-13-19(27)24-10-6-9-18(24)26/h3-5,7-8,11-12H,2,6,9-10,13H2,1H3. The number of esters is 1. The second-order valence-corrected chi connectivity index (χ2v) is 6.74. The second kappa shape index (κ2) is 7.83. The van der Waals surface area contributed by atoms with Gasteiger partial charge in [-0.2, -0.15) is 5.10 Å². The van der Waals surface area contributed by atoms with Crippen molar-refractivity contribution in [3.63, 3.8) is 0 Å². The van der Waals surface area contributed by atoms with E-state index in [2.05, 4.69) is 10.1 Å². The van der Waals surface area contributed by atoms with Gasteiger partial charge in [-0.05, 0) is 19.4 Å². The van der Waals surface area contributed by atoms with E-state index in [-0.39, 0.29) is 11.5 Å². The average molecular weight is 392 g/mol. The Morgan fingerprint density at radius 2 is 2.00 bits per heavy atom. The van der Waals surface area contributed by atoms with Gasteiger partial charge in [0.05, 0.1) is 22.8 Å². The molecule has 2 amide bonds. The van der Waals surface area contributed by atoms with Gasteiger partial charge in [0, 0.05) is 25.1 Å². The van der Waals surface area contributed by atoms with Crippen molar-refractivity contribution in [3.05, 3.63) is 48.2 Å². The van der Waals surface area contributed by atoms with Gasteiger partial charge in [0.1, 0.15) is 0 Å². The Bertz CT molecular complexity index is 1090. The van der Waals surface area contributed by atoms with Crippen molar-refractivity contribution in [2.45, 2.75) is 26.3 Å². The third kappa shape index (κ3) is 3.61. The minimum absolute atomic E-state index is 0.229. The van der Waals surface area contributed by atoms with E-state index in [1.54, 1.807) is 16.9 Å². The van der Waals surface area contributed by atoms with E-state index >= 15 is 0 Å². The SMILES string of the molecule is CCn1ncc2c(C(=O)OCC(=O)N3CCCC3=O)cc(-c3ccccc3)nc21. The van der Waals surface area contributed by atoms with E-state index in [0.717, 1.165) is 10.5 Å². The van der Waals surface area contributed by atoms with Crippen LogP contribution in [-0.4, -0.2) is 50.6 Å². The zero-order valence-electron chi connectivity index (χ0n) is 16.0. The van der Waals surface area contributed by atoms with Crippen molar-refractivity contribution >= 4 is 28.8 Å². The Morgan fingerprint density at radius 1 is 1.21 bits per heavy atom. The van der Waals surface area contributed by atoms with E-state index < -0.39 is 18.5 Å². The lowest BCUT2D eigenvalue weighted by molar-refractivity contribution is -0.143. The maximum atomic E-state index is 12.8. The van der Waals surface area contributed by atoms with Crippen molar-refractivity contribution in [1.82, 2.24) is 19.7 Å². The molecule has 3 aromatic rings. The predicted molar refractivity (Wildman–Crippen MR) is 105 cm³/mol. The van der Waals surface area contributed by atoms with Crippen molar-refractivity contribution in [2.75, 3.05) is 13.2 Å². The number of amides is 2. The van der Waals surface area contributed by atoms with Crippen LogP contribution in [-0.2, 0) is 20.9 Å². The van der Waals surface area contributed by atoms with Gasteiger partial charge in [0.25, 0.3) is 5.91 Å². The quantitative estimate of drug-likeness (QED) is 0.619. The average Bonchev–Trinajstić information content (AvgIpc) is 3.37. The number of aryl methyl sites for hydroxylation is 1. The lowest BCUT2D eigenvalue weighted by atomic mass is 10.1. The van der Waals surface area contributed by atoms with Gasteiger partial charge in [-0.25, -0.2) is 14.5 Å². The molecule has 1 aliphatic rings. The third-order valence-corrected chi connectivity index (χ3v) is 4.90. The summed E-state index contributed by atoms with van der Waals surface area (Å²) < 4.78 is 6.95. The van der Waals surface area contributed by atoms with E-state index in [1.807, 2.05) is 37.3 Å². The zero-order chi connectivity index (χ0) is 20.4. The number of carbonyl (C=O) groups is 3. The maximum absolute atomic E-state index is 12.8. The first-order chi connectivity index (χ1) is 14.1. The zero-order valence-corrected chi connectivity index (χ0v) is 16.0. The molecule has 4 rings (SSSR count). The second-order valence-electron chi connectivity index (χ2n) is 6.74. The molecule has 3 heterocycles. The first kappa shape index (κ1) is 18.8. The summed E-state index contributed by atoms with van der Waals surface area (Å²) in [7, 11) is 0. The number of nitrogens with zero attached hydrogens (tertiary/aromatic N) is 4. The number of carbonyl (C=O) groups excluding carboxylic acids is 3. The third-order valence-electron chi connectivity index (χ3n) is 4.90. The van der Waals surface area contributed by atoms with Crippen LogP contribution < -0.4 is 0 Å². The summed E-state index contributed by atoms with van der Waals surface area (Å²) in [6, 6.07) is 11.1. The van der Waals surface area contributed by atoms with Crippen LogP contribution in [0.1, 0.15) is 30.1 Å². The molecule has 1 aliphatic heterocycles. The van der Waals surface area contributed by atoms with Crippen LogP contribution in [0.5, 0.6) is 0 Å². The molecular formula is C21H20N4O4. The highest BCUT2D eigenvalue weighted by Crippen LogP contribution is 2.25. The molecule has 0 atom stereocenters. The van der Waals surface area contributed by atoms with Gasteiger partial charge in [-0.3, -0.25) is 14.5 Å². The number of aromatic nitrogens is 3. The number of imide groups is 1.